The fourth-order valence-corrected chi connectivity index (χ4v) is 4.95. The minimum absolute atomic E-state index is 0.0355. The van der Waals surface area contributed by atoms with E-state index >= 15 is 0 Å². The van der Waals surface area contributed by atoms with E-state index in [0.29, 0.717) is 29.5 Å². The highest BCUT2D eigenvalue weighted by atomic mass is 32.2. The van der Waals surface area contributed by atoms with Crippen LogP contribution < -0.4 is 16.0 Å². The van der Waals surface area contributed by atoms with Gasteiger partial charge in [0.15, 0.2) is 0 Å². The highest BCUT2D eigenvalue weighted by molar-refractivity contribution is 8.00. The fraction of sp³-hybridized carbons (Fsp3) is 0.526. The summed E-state index contributed by atoms with van der Waals surface area (Å²) >= 11 is 1.89. The second-order valence-corrected chi connectivity index (χ2v) is 7.99. The Morgan fingerprint density at radius 3 is 2.74 bits per heavy atom. The first-order chi connectivity index (χ1) is 13.1. The Morgan fingerprint density at radius 2 is 2.00 bits per heavy atom. The molecule has 1 aromatic carbocycles. The molecule has 0 bridgehead atoms. The number of carbonyl (C=O) groups excluding carboxylic acids is 3. The van der Waals surface area contributed by atoms with E-state index in [-0.39, 0.29) is 30.0 Å². The van der Waals surface area contributed by atoms with Gasteiger partial charge in [-0.2, -0.15) is 11.8 Å². The van der Waals surface area contributed by atoms with Gasteiger partial charge in [0.2, 0.25) is 5.91 Å². The van der Waals surface area contributed by atoms with Crippen LogP contribution in [0.2, 0.25) is 0 Å². The number of nitrogens with one attached hydrogen (secondary N) is 3. The third-order valence-electron chi connectivity index (χ3n) is 4.76. The van der Waals surface area contributed by atoms with Crippen molar-refractivity contribution in [1.29, 1.82) is 0 Å². The summed E-state index contributed by atoms with van der Waals surface area (Å²) in [4.78, 5) is 35.1. The third-order valence-corrected chi connectivity index (χ3v) is 6.27. The molecule has 0 saturated carbocycles. The number of benzene rings is 1. The number of hydrogen-bond acceptors (Lipinski definition) is 5. The molecule has 0 spiro atoms. The summed E-state index contributed by atoms with van der Waals surface area (Å²) in [6.45, 7) is 2.10. The highest BCUT2D eigenvalue weighted by Crippen LogP contribution is 2.33. The van der Waals surface area contributed by atoms with Gasteiger partial charge in [0.25, 0.3) is 0 Å². The smallest absolute Gasteiger partial charge is 0.338 e. The van der Waals surface area contributed by atoms with Crippen molar-refractivity contribution in [1.82, 2.24) is 10.6 Å². The molecule has 3 atom stereocenters. The summed E-state index contributed by atoms with van der Waals surface area (Å²) in [5.74, 6) is 0.554. The maximum Gasteiger partial charge on any atom is 0.338 e. The van der Waals surface area contributed by atoms with Crippen LogP contribution >= 0.6 is 11.8 Å². The summed E-state index contributed by atoms with van der Waals surface area (Å²) in [5, 5.41) is 9.19. The molecule has 2 aliphatic heterocycles. The topological polar surface area (TPSA) is 96.5 Å². The van der Waals surface area contributed by atoms with Gasteiger partial charge < -0.3 is 20.7 Å². The van der Waals surface area contributed by atoms with Crippen LogP contribution in [0.15, 0.2) is 24.3 Å². The predicted octanol–water partition coefficient (Wildman–Crippen LogP) is 2.53. The van der Waals surface area contributed by atoms with Gasteiger partial charge >= 0.3 is 12.0 Å². The van der Waals surface area contributed by atoms with Gasteiger partial charge in [0.1, 0.15) is 0 Å². The SMILES string of the molecule is CCOC(=O)c1ccc(NC(=O)CCCC[C@H]2SC[C@@H]3NC(=O)N[C@H]32)cc1. The van der Waals surface area contributed by atoms with E-state index in [4.69, 9.17) is 4.74 Å². The maximum atomic E-state index is 12.1. The first-order valence-electron chi connectivity index (χ1n) is 9.32. The second kappa shape index (κ2) is 9.12. The van der Waals surface area contributed by atoms with Crippen molar-refractivity contribution in [3.63, 3.8) is 0 Å². The van der Waals surface area contributed by atoms with Crippen molar-refractivity contribution >= 4 is 35.4 Å². The fourth-order valence-electron chi connectivity index (χ4n) is 3.40. The molecule has 0 aromatic heterocycles. The molecule has 0 radical (unpaired) electrons. The van der Waals surface area contributed by atoms with E-state index in [2.05, 4.69) is 16.0 Å². The number of thioether (sulfide) groups is 1. The molecule has 146 valence electrons. The molecule has 0 aliphatic carbocycles. The van der Waals surface area contributed by atoms with Gasteiger partial charge in [-0.3, -0.25) is 4.79 Å². The number of carbonyl (C=O) groups is 3. The Bertz CT molecular complexity index is 695. The maximum absolute atomic E-state index is 12.1. The van der Waals surface area contributed by atoms with Crippen molar-refractivity contribution in [2.24, 2.45) is 0 Å². The molecule has 3 rings (SSSR count). The van der Waals surface area contributed by atoms with Crippen LogP contribution in [-0.2, 0) is 9.53 Å². The van der Waals surface area contributed by atoms with Gasteiger partial charge in [-0.25, -0.2) is 9.59 Å². The number of esters is 1. The lowest BCUT2D eigenvalue weighted by atomic mass is 10.0. The molecule has 3 N–H and O–H groups in total. The minimum atomic E-state index is -0.365. The number of fused-ring (bicyclic) bond motifs is 1. The van der Waals surface area contributed by atoms with E-state index in [1.165, 1.54) is 0 Å². The predicted molar refractivity (Wildman–Crippen MR) is 105 cm³/mol. The highest BCUT2D eigenvalue weighted by Gasteiger charge is 2.42. The van der Waals surface area contributed by atoms with Crippen LogP contribution in [0.25, 0.3) is 0 Å². The average Bonchev–Trinajstić information content (AvgIpc) is 3.19. The Hall–Kier alpha value is -2.22. The number of unbranched alkanes of at least 4 members (excludes halogenated alkanes) is 1. The van der Waals surface area contributed by atoms with Gasteiger partial charge in [-0.05, 0) is 44.0 Å². The molecule has 3 amide bonds. The van der Waals surface area contributed by atoms with E-state index < -0.39 is 0 Å². The lowest BCUT2D eigenvalue weighted by Crippen LogP contribution is -2.36. The molecule has 2 fully saturated rings. The molecule has 2 saturated heterocycles. The summed E-state index contributed by atoms with van der Waals surface area (Å²) in [6, 6.07) is 7.09. The number of urea groups is 1. The Balaban J connectivity index is 1.35. The van der Waals surface area contributed by atoms with Crippen LogP contribution in [0.1, 0.15) is 43.0 Å². The third kappa shape index (κ3) is 5.15. The van der Waals surface area contributed by atoms with Gasteiger partial charge in [-0.1, -0.05) is 6.42 Å². The zero-order valence-corrected chi connectivity index (χ0v) is 16.1. The van der Waals surface area contributed by atoms with E-state index in [9.17, 15) is 14.4 Å². The molecule has 8 heteroatoms. The Labute approximate surface area is 163 Å². The molecule has 2 heterocycles. The summed E-state index contributed by atoms with van der Waals surface area (Å²) in [7, 11) is 0. The molecule has 27 heavy (non-hydrogen) atoms. The zero-order valence-electron chi connectivity index (χ0n) is 15.3. The number of hydrogen-bond donors (Lipinski definition) is 3. The molecule has 2 aliphatic rings. The van der Waals surface area contributed by atoms with Crippen molar-refractivity contribution in [3.05, 3.63) is 29.8 Å². The van der Waals surface area contributed by atoms with Crippen molar-refractivity contribution in [2.45, 2.75) is 49.9 Å². The second-order valence-electron chi connectivity index (χ2n) is 6.71. The number of ether oxygens (including phenoxy) is 1. The van der Waals surface area contributed by atoms with Crippen LogP contribution in [-0.4, -0.2) is 47.6 Å². The lowest BCUT2D eigenvalue weighted by molar-refractivity contribution is -0.116. The summed E-state index contributed by atoms with van der Waals surface area (Å²) in [6.07, 6.45) is 3.21. The Morgan fingerprint density at radius 1 is 1.22 bits per heavy atom. The largest absolute Gasteiger partial charge is 0.462 e. The number of amides is 3. The van der Waals surface area contributed by atoms with Crippen LogP contribution in [0.5, 0.6) is 0 Å². The number of anilines is 1. The van der Waals surface area contributed by atoms with Crippen molar-refractivity contribution in [3.8, 4) is 0 Å². The van der Waals surface area contributed by atoms with Crippen molar-refractivity contribution < 1.29 is 19.1 Å². The van der Waals surface area contributed by atoms with Crippen LogP contribution in [0, 0.1) is 0 Å². The minimum Gasteiger partial charge on any atom is -0.462 e. The normalized spacial score (nSPS) is 23.3. The zero-order chi connectivity index (χ0) is 19.2. The average molecular weight is 391 g/mol. The first kappa shape index (κ1) is 19.5. The molecule has 1 aromatic rings. The first-order valence-corrected chi connectivity index (χ1v) is 10.4. The molecule has 7 nitrogen and oxygen atoms in total. The summed E-state index contributed by atoms with van der Waals surface area (Å²) < 4.78 is 4.93. The molecular formula is C19H25N3O4S. The summed E-state index contributed by atoms with van der Waals surface area (Å²) in [5.41, 5.74) is 1.14. The lowest BCUT2D eigenvalue weighted by Gasteiger charge is -2.16. The van der Waals surface area contributed by atoms with E-state index in [1.54, 1.807) is 31.2 Å². The van der Waals surface area contributed by atoms with Crippen LogP contribution in [0.3, 0.4) is 0 Å². The van der Waals surface area contributed by atoms with Crippen LogP contribution in [0.4, 0.5) is 10.5 Å². The quantitative estimate of drug-likeness (QED) is 0.359. The van der Waals surface area contributed by atoms with E-state index in [0.717, 1.165) is 25.0 Å². The van der Waals surface area contributed by atoms with Gasteiger partial charge in [0.05, 0.1) is 24.3 Å². The number of rotatable bonds is 8. The molecule has 0 unspecified atom stereocenters. The monoisotopic (exact) mass is 391 g/mol. The van der Waals surface area contributed by atoms with Crippen molar-refractivity contribution in [2.75, 3.05) is 17.7 Å². The van der Waals surface area contributed by atoms with E-state index in [1.807, 2.05) is 11.8 Å². The standard InChI is InChI=1S/C19H25N3O4S/c1-2-26-18(24)12-7-9-13(10-8-12)20-16(23)6-4-3-5-15-17-14(11-27-15)21-19(25)22-17/h7-10,14-15,17H,2-6,11H2,1H3,(H,20,23)(H2,21,22,25)/t14-,15+,17+/m0/s1. The molecular weight excluding hydrogens is 366 g/mol. The van der Waals surface area contributed by atoms with Gasteiger partial charge in [-0.15, -0.1) is 0 Å². The Kier molecular flexibility index (Phi) is 6.60. The van der Waals surface area contributed by atoms with Gasteiger partial charge in [0, 0.05) is 23.1 Å².